The van der Waals surface area contributed by atoms with Gasteiger partial charge < -0.3 is 0 Å². The monoisotopic (exact) mass is 428 g/mol. The lowest BCUT2D eigenvalue weighted by atomic mass is 9.99. The van der Waals surface area contributed by atoms with Crippen molar-refractivity contribution in [2.75, 3.05) is 6.26 Å². The Bertz CT molecular complexity index is 1370. The average molecular weight is 428 g/mol. The van der Waals surface area contributed by atoms with E-state index in [4.69, 9.17) is 0 Å². The summed E-state index contributed by atoms with van der Waals surface area (Å²) in [6.45, 7) is 0. The van der Waals surface area contributed by atoms with Gasteiger partial charge in [-0.2, -0.15) is 13.2 Å². The minimum Gasteiger partial charge on any atom is -0.236 e. The summed E-state index contributed by atoms with van der Waals surface area (Å²) < 4.78 is 63.8. The number of hydrogen-bond donors (Lipinski definition) is 0. The smallest absolute Gasteiger partial charge is 0.236 e. The number of hydrogen-bond acceptors (Lipinski definition) is 4. The first kappa shape index (κ1) is 20.0. The first-order valence-electron chi connectivity index (χ1n) is 8.86. The van der Waals surface area contributed by atoms with Crippen LogP contribution < -0.4 is 0 Å². The van der Waals surface area contributed by atoms with E-state index in [0.717, 1.165) is 24.2 Å². The molecule has 0 aliphatic heterocycles. The molecule has 0 saturated heterocycles. The van der Waals surface area contributed by atoms with Crippen molar-refractivity contribution in [1.82, 2.24) is 9.97 Å². The van der Waals surface area contributed by atoms with E-state index in [2.05, 4.69) is 9.97 Å². The van der Waals surface area contributed by atoms with Crippen molar-refractivity contribution in [3.05, 3.63) is 78.6 Å². The van der Waals surface area contributed by atoms with Gasteiger partial charge in [0.15, 0.2) is 9.84 Å². The number of halogens is 3. The Balaban J connectivity index is 1.88. The lowest BCUT2D eigenvalue weighted by Crippen LogP contribution is -2.07. The van der Waals surface area contributed by atoms with Crippen molar-refractivity contribution in [2.45, 2.75) is 11.1 Å². The zero-order chi connectivity index (χ0) is 21.5. The molecule has 8 heteroatoms. The first-order chi connectivity index (χ1) is 14.1. The molecule has 0 aliphatic carbocycles. The molecule has 0 N–H and O–H groups in total. The molecule has 4 nitrogen and oxygen atoms in total. The van der Waals surface area contributed by atoms with Gasteiger partial charge in [-0.05, 0) is 35.4 Å². The van der Waals surface area contributed by atoms with E-state index in [1.54, 1.807) is 48.5 Å². The van der Waals surface area contributed by atoms with Crippen LogP contribution in [0.15, 0.2) is 78.0 Å². The molecule has 0 atom stereocenters. The molecule has 4 aromatic rings. The largest absolute Gasteiger partial charge is 0.418 e. The summed E-state index contributed by atoms with van der Waals surface area (Å²) >= 11 is 0. The number of para-hydroxylation sites is 1. The third kappa shape index (κ3) is 3.78. The van der Waals surface area contributed by atoms with Crippen LogP contribution in [0.4, 0.5) is 13.2 Å². The van der Waals surface area contributed by atoms with Crippen LogP contribution in [0.2, 0.25) is 0 Å². The highest BCUT2D eigenvalue weighted by Crippen LogP contribution is 2.36. The van der Waals surface area contributed by atoms with Gasteiger partial charge in [0.25, 0.3) is 0 Å². The highest BCUT2D eigenvalue weighted by atomic mass is 32.2. The number of nitrogens with zero attached hydrogens (tertiary/aromatic N) is 2. The second-order valence-electron chi connectivity index (χ2n) is 6.80. The number of sulfone groups is 1. The number of alkyl halides is 3. The van der Waals surface area contributed by atoms with E-state index in [9.17, 15) is 21.6 Å². The van der Waals surface area contributed by atoms with Gasteiger partial charge in [0.05, 0.1) is 21.7 Å². The van der Waals surface area contributed by atoms with Gasteiger partial charge in [0, 0.05) is 17.2 Å². The van der Waals surface area contributed by atoms with E-state index < -0.39 is 21.6 Å². The van der Waals surface area contributed by atoms with Gasteiger partial charge in [-0.1, -0.05) is 42.5 Å². The van der Waals surface area contributed by atoms with Crippen molar-refractivity contribution in [3.63, 3.8) is 0 Å². The fraction of sp³-hybridized carbons (Fsp3) is 0.0909. The van der Waals surface area contributed by atoms with Crippen LogP contribution in [0.5, 0.6) is 0 Å². The average Bonchev–Trinajstić information content (AvgIpc) is 2.72. The molecular weight excluding hydrogens is 413 g/mol. The van der Waals surface area contributed by atoms with Crippen LogP contribution >= 0.6 is 0 Å². The number of benzene rings is 3. The Labute approximate surface area is 171 Å². The molecule has 3 aromatic carbocycles. The Morgan fingerprint density at radius 1 is 0.800 bits per heavy atom. The molecule has 0 aliphatic rings. The van der Waals surface area contributed by atoms with Crippen molar-refractivity contribution < 1.29 is 21.6 Å². The van der Waals surface area contributed by atoms with Crippen molar-refractivity contribution in [3.8, 4) is 22.4 Å². The van der Waals surface area contributed by atoms with Crippen molar-refractivity contribution in [2.24, 2.45) is 0 Å². The molecule has 30 heavy (non-hydrogen) atoms. The molecule has 0 spiro atoms. The highest BCUT2D eigenvalue weighted by Gasteiger charge is 2.33. The fourth-order valence-electron chi connectivity index (χ4n) is 3.30. The SMILES string of the molecule is CS(=O)(=O)c1cccc(-c2cccc(-c3ncnc4c(C(F)(F)F)cccc34)c2)c1. The minimum absolute atomic E-state index is 0.167. The second kappa shape index (κ2) is 7.21. The number of aromatic nitrogens is 2. The number of rotatable bonds is 3. The Morgan fingerprint density at radius 3 is 2.13 bits per heavy atom. The summed E-state index contributed by atoms with van der Waals surface area (Å²) in [7, 11) is -3.37. The third-order valence-electron chi connectivity index (χ3n) is 4.70. The molecule has 0 bridgehead atoms. The topological polar surface area (TPSA) is 59.9 Å². The van der Waals surface area contributed by atoms with Crippen LogP contribution in [0.3, 0.4) is 0 Å². The van der Waals surface area contributed by atoms with E-state index in [1.807, 2.05) is 0 Å². The molecule has 0 saturated carbocycles. The normalized spacial score (nSPS) is 12.3. The van der Waals surface area contributed by atoms with Gasteiger partial charge in [-0.3, -0.25) is 0 Å². The second-order valence-corrected chi connectivity index (χ2v) is 8.82. The first-order valence-corrected chi connectivity index (χ1v) is 10.8. The molecule has 0 radical (unpaired) electrons. The standard InChI is InChI=1S/C22H15F3N2O2S/c1-30(28,29)17-8-3-6-15(12-17)14-5-2-7-16(11-14)20-18-9-4-10-19(22(23,24)25)21(18)27-13-26-20/h2-13H,1H3. The summed E-state index contributed by atoms with van der Waals surface area (Å²) in [6, 6.07) is 17.4. The quantitative estimate of drug-likeness (QED) is 0.439. The Morgan fingerprint density at radius 2 is 1.43 bits per heavy atom. The zero-order valence-corrected chi connectivity index (χ0v) is 16.5. The molecule has 4 rings (SSSR count). The van der Waals surface area contributed by atoms with Crippen LogP contribution in [-0.4, -0.2) is 24.6 Å². The zero-order valence-electron chi connectivity index (χ0n) is 15.7. The molecule has 1 heterocycles. The summed E-state index contributed by atoms with van der Waals surface area (Å²) in [5.41, 5.74) is 1.38. The van der Waals surface area contributed by atoms with Crippen LogP contribution in [0.1, 0.15) is 5.56 Å². The molecule has 0 unspecified atom stereocenters. The Kier molecular flexibility index (Phi) is 4.82. The summed E-state index contributed by atoms with van der Waals surface area (Å²) in [5.74, 6) is 0. The van der Waals surface area contributed by atoms with Crippen LogP contribution in [0.25, 0.3) is 33.3 Å². The fourth-order valence-corrected chi connectivity index (χ4v) is 3.97. The predicted octanol–water partition coefficient (Wildman–Crippen LogP) is 5.39. The van der Waals surface area contributed by atoms with Crippen molar-refractivity contribution in [1.29, 1.82) is 0 Å². The highest BCUT2D eigenvalue weighted by molar-refractivity contribution is 7.90. The third-order valence-corrected chi connectivity index (χ3v) is 5.81. The van der Waals surface area contributed by atoms with Crippen LogP contribution in [0, 0.1) is 0 Å². The lowest BCUT2D eigenvalue weighted by molar-refractivity contribution is -0.136. The molecule has 1 aromatic heterocycles. The minimum atomic E-state index is -4.53. The van der Waals surface area contributed by atoms with Gasteiger partial charge in [-0.15, -0.1) is 0 Å². The lowest BCUT2D eigenvalue weighted by Gasteiger charge is -2.12. The molecular formula is C22H15F3N2O2S. The maximum absolute atomic E-state index is 13.4. The van der Waals surface area contributed by atoms with Crippen LogP contribution in [-0.2, 0) is 16.0 Å². The maximum atomic E-state index is 13.4. The maximum Gasteiger partial charge on any atom is 0.418 e. The van der Waals surface area contributed by atoms with Gasteiger partial charge in [0.1, 0.15) is 6.33 Å². The summed E-state index contributed by atoms with van der Waals surface area (Å²) in [6.07, 6.45) is -2.28. The predicted molar refractivity (Wildman–Crippen MR) is 109 cm³/mol. The van der Waals surface area contributed by atoms with E-state index in [1.165, 1.54) is 12.1 Å². The number of fused-ring (bicyclic) bond motifs is 1. The molecule has 0 fully saturated rings. The van der Waals surface area contributed by atoms with Crippen molar-refractivity contribution >= 4 is 20.7 Å². The van der Waals surface area contributed by atoms with Gasteiger partial charge >= 0.3 is 6.18 Å². The summed E-state index contributed by atoms with van der Waals surface area (Å²) in [4.78, 5) is 8.26. The summed E-state index contributed by atoms with van der Waals surface area (Å²) in [5, 5.41) is 0.286. The van der Waals surface area contributed by atoms with Gasteiger partial charge in [0.2, 0.25) is 0 Å². The van der Waals surface area contributed by atoms with E-state index in [0.29, 0.717) is 16.8 Å². The van der Waals surface area contributed by atoms with Gasteiger partial charge in [-0.25, -0.2) is 18.4 Å². The Hall–Kier alpha value is -3.26. The molecule has 152 valence electrons. The van der Waals surface area contributed by atoms with E-state index >= 15 is 0 Å². The molecule has 0 amide bonds. The van der Waals surface area contributed by atoms with E-state index in [-0.39, 0.29) is 15.8 Å².